The summed E-state index contributed by atoms with van der Waals surface area (Å²) in [5.74, 6) is 0. The fourth-order valence-electron chi connectivity index (χ4n) is 0.996. The summed E-state index contributed by atoms with van der Waals surface area (Å²) in [5, 5.41) is 0. The van der Waals surface area contributed by atoms with Gasteiger partial charge in [-0.3, -0.25) is 0 Å². The van der Waals surface area contributed by atoms with Gasteiger partial charge in [0.05, 0.1) is 0 Å². The van der Waals surface area contributed by atoms with Gasteiger partial charge >= 0.3 is 0 Å². The molecule has 0 unspecified atom stereocenters. The molecule has 0 bridgehead atoms. The van der Waals surface area contributed by atoms with Gasteiger partial charge in [0, 0.05) is 3.92 Å². The van der Waals surface area contributed by atoms with E-state index in [0.29, 0.717) is 0 Å². The molecule has 0 fully saturated rings. The van der Waals surface area contributed by atoms with Gasteiger partial charge in [-0.15, -0.1) is 0 Å². The molecule has 0 aliphatic rings. The summed E-state index contributed by atoms with van der Waals surface area (Å²) < 4.78 is 0.942. The molecule has 0 nitrogen and oxygen atoms in total. The highest BCUT2D eigenvalue weighted by molar-refractivity contribution is 14.1. The van der Waals surface area contributed by atoms with Crippen LogP contribution in [0.25, 0.3) is 0 Å². The highest BCUT2D eigenvalue weighted by Crippen LogP contribution is 2.16. The third-order valence-corrected chi connectivity index (χ3v) is 2.99. The van der Waals surface area contributed by atoms with E-state index in [2.05, 4.69) is 36.4 Å². The van der Waals surface area contributed by atoms with E-state index in [1.807, 2.05) is 0 Å². The summed E-state index contributed by atoms with van der Waals surface area (Å²) >= 11 is 2.59. The van der Waals surface area contributed by atoms with Crippen LogP contribution in [0.1, 0.15) is 52.4 Å². The SMILES string of the molecule is CCCCC(I)CCCC. The smallest absolute Gasteiger partial charge is 0.0110 e. The third kappa shape index (κ3) is 6.84. The van der Waals surface area contributed by atoms with Crippen LogP contribution in [-0.2, 0) is 0 Å². The van der Waals surface area contributed by atoms with Crippen LogP contribution in [0.15, 0.2) is 0 Å². The van der Waals surface area contributed by atoms with Gasteiger partial charge < -0.3 is 0 Å². The lowest BCUT2D eigenvalue weighted by molar-refractivity contribution is 0.630. The molecular weight excluding hydrogens is 235 g/mol. The maximum Gasteiger partial charge on any atom is 0.0110 e. The van der Waals surface area contributed by atoms with Gasteiger partial charge in [0.15, 0.2) is 0 Å². The molecule has 1 heteroatoms. The van der Waals surface area contributed by atoms with Crippen LogP contribution in [0.5, 0.6) is 0 Å². The largest absolute Gasteiger partial charge is 0.0826 e. The Morgan fingerprint density at radius 2 is 1.40 bits per heavy atom. The maximum atomic E-state index is 2.59. The quantitative estimate of drug-likeness (QED) is 0.493. The number of unbranched alkanes of at least 4 members (excludes halogenated alkanes) is 2. The van der Waals surface area contributed by atoms with Crippen molar-refractivity contribution in [1.29, 1.82) is 0 Å². The number of rotatable bonds is 6. The molecule has 0 aromatic carbocycles. The molecule has 10 heavy (non-hydrogen) atoms. The summed E-state index contributed by atoms with van der Waals surface area (Å²) in [5.41, 5.74) is 0. The van der Waals surface area contributed by atoms with Gasteiger partial charge in [-0.05, 0) is 12.8 Å². The molecule has 0 heterocycles. The topological polar surface area (TPSA) is 0 Å². The second-order valence-corrected chi connectivity index (χ2v) is 4.64. The Hall–Kier alpha value is 0.730. The molecule has 0 aliphatic carbocycles. The molecule has 0 radical (unpaired) electrons. The zero-order valence-electron chi connectivity index (χ0n) is 7.20. The van der Waals surface area contributed by atoms with Gasteiger partial charge in [0.1, 0.15) is 0 Å². The Bertz CT molecular complexity index is 53.7. The molecule has 0 saturated heterocycles. The van der Waals surface area contributed by atoms with E-state index in [-0.39, 0.29) is 0 Å². The second kappa shape index (κ2) is 7.83. The van der Waals surface area contributed by atoms with E-state index in [1.165, 1.54) is 38.5 Å². The first-order valence-corrected chi connectivity index (χ1v) is 5.69. The van der Waals surface area contributed by atoms with Crippen molar-refractivity contribution in [2.24, 2.45) is 0 Å². The molecule has 0 saturated carbocycles. The Morgan fingerprint density at radius 1 is 1.00 bits per heavy atom. The monoisotopic (exact) mass is 254 g/mol. The van der Waals surface area contributed by atoms with Crippen molar-refractivity contribution in [2.45, 2.75) is 56.3 Å². The highest BCUT2D eigenvalue weighted by Gasteiger charge is 2.00. The van der Waals surface area contributed by atoms with Crippen molar-refractivity contribution in [3.63, 3.8) is 0 Å². The number of halogens is 1. The molecule has 0 aromatic heterocycles. The predicted molar refractivity (Wildman–Crippen MR) is 56.9 cm³/mol. The van der Waals surface area contributed by atoms with Gasteiger partial charge in [0.25, 0.3) is 0 Å². The zero-order chi connectivity index (χ0) is 7.82. The van der Waals surface area contributed by atoms with Crippen LogP contribution >= 0.6 is 22.6 Å². The molecule has 0 aromatic rings. The lowest BCUT2D eigenvalue weighted by atomic mass is 10.1. The average molecular weight is 254 g/mol. The lowest BCUT2D eigenvalue weighted by Gasteiger charge is -2.06. The number of hydrogen-bond donors (Lipinski definition) is 0. The third-order valence-electron chi connectivity index (χ3n) is 1.74. The van der Waals surface area contributed by atoms with Crippen LogP contribution < -0.4 is 0 Å². The van der Waals surface area contributed by atoms with Crippen molar-refractivity contribution >= 4 is 22.6 Å². The van der Waals surface area contributed by atoms with Crippen LogP contribution in [-0.4, -0.2) is 3.92 Å². The first kappa shape index (κ1) is 10.7. The van der Waals surface area contributed by atoms with E-state index in [9.17, 15) is 0 Å². The summed E-state index contributed by atoms with van der Waals surface area (Å²) in [7, 11) is 0. The molecule has 0 rings (SSSR count). The Kier molecular flexibility index (Phi) is 8.40. The van der Waals surface area contributed by atoms with Crippen LogP contribution in [0.2, 0.25) is 0 Å². The minimum atomic E-state index is 0.942. The van der Waals surface area contributed by atoms with Crippen molar-refractivity contribution in [3.05, 3.63) is 0 Å². The van der Waals surface area contributed by atoms with Crippen molar-refractivity contribution in [1.82, 2.24) is 0 Å². The molecule has 62 valence electrons. The Morgan fingerprint density at radius 3 is 1.70 bits per heavy atom. The predicted octanol–water partition coefficient (Wildman–Crippen LogP) is 4.17. The molecule has 0 spiro atoms. The van der Waals surface area contributed by atoms with Gasteiger partial charge in [-0.1, -0.05) is 62.1 Å². The molecule has 0 aliphatic heterocycles. The van der Waals surface area contributed by atoms with Crippen LogP contribution in [0.4, 0.5) is 0 Å². The molecular formula is C9H19I. The number of hydrogen-bond acceptors (Lipinski definition) is 0. The van der Waals surface area contributed by atoms with Crippen LogP contribution in [0, 0.1) is 0 Å². The normalized spacial score (nSPS) is 10.8. The van der Waals surface area contributed by atoms with Gasteiger partial charge in [0.2, 0.25) is 0 Å². The Balaban J connectivity index is 3.00. The van der Waals surface area contributed by atoms with E-state index < -0.39 is 0 Å². The summed E-state index contributed by atoms with van der Waals surface area (Å²) in [6, 6.07) is 0. The minimum absolute atomic E-state index is 0.942. The van der Waals surface area contributed by atoms with Gasteiger partial charge in [-0.2, -0.15) is 0 Å². The standard InChI is InChI=1S/C9H19I/c1-3-5-7-9(10)8-6-4-2/h9H,3-8H2,1-2H3. The average Bonchev–Trinajstić information content (AvgIpc) is 1.97. The summed E-state index contributed by atoms with van der Waals surface area (Å²) in [6.07, 6.45) is 8.39. The first-order valence-electron chi connectivity index (χ1n) is 4.45. The zero-order valence-corrected chi connectivity index (χ0v) is 9.36. The van der Waals surface area contributed by atoms with E-state index in [1.54, 1.807) is 0 Å². The first-order chi connectivity index (χ1) is 4.81. The highest BCUT2D eigenvalue weighted by atomic mass is 127. The van der Waals surface area contributed by atoms with Crippen molar-refractivity contribution in [3.8, 4) is 0 Å². The summed E-state index contributed by atoms with van der Waals surface area (Å²) in [4.78, 5) is 0. The fourth-order valence-corrected chi connectivity index (χ4v) is 1.88. The summed E-state index contributed by atoms with van der Waals surface area (Å²) in [6.45, 7) is 4.53. The van der Waals surface area contributed by atoms with E-state index >= 15 is 0 Å². The molecule has 0 atom stereocenters. The van der Waals surface area contributed by atoms with Gasteiger partial charge in [-0.25, -0.2) is 0 Å². The second-order valence-electron chi connectivity index (χ2n) is 2.88. The van der Waals surface area contributed by atoms with E-state index in [4.69, 9.17) is 0 Å². The maximum absolute atomic E-state index is 2.59. The fraction of sp³-hybridized carbons (Fsp3) is 1.00. The van der Waals surface area contributed by atoms with Crippen LogP contribution in [0.3, 0.4) is 0 Å². The number of alkyl halides is 1. The lowest BCUT2D eigenvalue weighted by Crippen LogP contribution is -1.96. The Labute approximate surface area is 78.9 Å². The molecule has 0 N–H and O–H groups in total. The van der Waals surface area contributed by atoms with Crippen molar-refractivity contribution in [2.75, 3.05) is 0 Å². The minimum Gasteiger partial charge on any atom is -0.0826 e. The molecule has 0 amide bonds. The van der Waals surface area contributed by atoms with Crippen molar-refractivity contribution < 1.29 is 0 Å². The van der Waals surface area contributed by atoms with E-state index in [0.717, 1.165) is 3.92 Å².